The van der Waals surface area contributed by atoms with Crippen LogP contribution >= 0.6 is 40.7 Å². The van der Waals surface area contributed by atoms with E-state index >= 15 is 0 Å². The van der Waals surface area contributed by atoms with Crippen molar-refractivity contribution in [3.63, 3.8) is 0 Å². The maximum absolute atomic E-state index is 12.0. The van der Waals surface area contributed by atoms with Crippen LogP contribution in [0.2, 0.25) is 0 Å². The molecule has 1 aliphatic rings. The van der Waals surface area contributed by atoms with E-state index in [0.717, 1.165) is 36.9 Å². The van der Waals surface area contributed by atoms with Crippen molar-refractivity contribution in [2.24, 2.45) is 17.6 Å². The fourth-order valence-electron chi connectivity index (χ4n) is 2.88. The Kier molecular flexibility index (Phi) is 11.0. The van der Waals surface area contributed by atoms with Gasteiger partial charge in [-0.1, -0.05) is 29.8 Å². The van der Waals surface area contributed by atoms with Crippen LogP contribution in [0, 0.1) is 11.8 Å². The van der Waals surface area contributed by atoms with Crippen LogP contribution in [-0.2, 0) is 4.79 Å². The molecule has 1 unspecified atom stereocenters. The lowest BCUT2D eigenvalue weighted by atomic mass is 10.0. The van der Waals surface area contributed by atoms with Crippen LogP contribution in [0.4, 0.5) is 5.69 Å². The summed E-state index contributed by atoms with van der Waals surface area (Å²) in [7, 11) is 0. The minimum absolute atomic E-state index is 0. The van der Waals surface area contributed by atoms with E-state index in [1.165, 1.54) is 5.69 Å². The van der Waals surface area contributed by atoms with Crippen molar-refractivity contribution in [2.75, 3.05) is 24.5 Å². The number of nitrogens with zero attached hydrogens (tertiary/aromatic N) is 1. The molecular formula is C17H28BrCl2N3O. The first-order valence-electron chi connectivity index (χ1n) is 7.99. The zero-order valence-corrected chi connectivity index (χ0v) is 17.4. The van der Waals surface area contributed by atoms with Gasteiger partial charge in [0.2, 0.25) is 5.91 Å². The average molecular weight is 441 g/mol. The molecule has 2 rings (SSSR count). The summed E-state index contributed by atoms with van der Waals surface area (Å²) in [6.07, 6.45) is 1.84. The van der Waals surface area contributed by atoms with Gasteiger partial charge >= 0.3 is 0 Å². The van der Waals surface area contributed by atoms with Gasteiger partial charge in [-0.25, -0.2) is 0 Å². The molecule has 24 heavy (non-hydrogen) atoms. The van der Waals surface area contributed by atoms with Crippen LogP contribution in [0.1, 0.15) is 26.7 Å². The number of carbonyl (C=O) groups excluding carboxylic acids is 1. The van der Waals surface area contributed by atoms with Crippen molar-refractivity contribution >= 4 is 52.3 Å². The molecule has 1 heterocycles. The topological polar surface area (TPSA) is 58.4 Å². The largest absolute Gasteiger partial charge is 0.371 e. The van der Waals surface area contributed by atoms with E-state index in [0.29, 0.717) is 11.8 Å². The summed E-state index contributed by atoms with van der Waals surface area (Å²) in [5.74, 6) is 0.926. The molecule has 1 fully saturated rings. The number of halogens is 3. The molecule has 0 aliphatic carbocycles. The van der Waals surface area contributed by atoms with Gasteiger partial charge in [-0.3, -0.25) is 4.79 Å². The van der Waals surface area contributed by atoms with Crippen molar-refractivity contribution in [1.29, 1.82) is 0 Å². The normalized spacial score (nSPS) is 17.9. The van der Waals surface area contributed by atoms with Crippen molar-refractivity contribution < 1.29 is 4.79 Å². The molecule has 0 saturated carbocycles. The summed E-state index contributed by atoms with van der Waals surface area (Å²) >= 11 is 3.46. The molecule has 1 amide bonds. The maximum Gasteiger partial charge on any atom is 0.236 e. The Hall–Kier alpha value is -0.490. The van der Waals surface area contributed by atoms with Gasteiger partial charge in [0.1, 0.15) is 0 Å². The molecule has 1 aromatic carbocycles. The number of nitrogens with two attached hydrogens (primary N) is 1. The highest BCUT2D eigenvalue weighted by Gasteiger charge is 2.24. The number of amides is 1. The number of benzene rings is 1. The number of nitrogens with one attached hydrogen (secondary N) is 1. The van der Waals surface area contributed by atoms with Gasteiger partial charge in [0.15, 0.2) is 0 Å². The smallest absolute Gasteiger partial charge is 0.236 e. The number of rotatable bonds is 6. The Morgan fingerprint density at radius 2 is 1.96 bits per heavy atom. The highest BCUT2D eigenvalue weighted by atomic mass is 79.9. The second-order valence-corrected chi connectivity index (χ2v) is 7.47. The third kappa shape index (κ3) is 7.18. The zero-order chi connectivity index (χ0) is 16.1. The lowest BCUT2D eigenvalue weighted by molar-refractivity contribution is -0.122. The fraction of sp³-hybridized carbons (Fsp3) is 0.588. The van der Waals surface area contributed by atoms with Crippen molar-refractivity contribution in [3.8, 4) is 0 Å². The molecule has 0 bridgehead atoms. The quantitative estimate of drug-likeness (QED) is 0.710. The van der Waals surface area contributed by atoms with Gasteiger partial charge in [0.25, 0.3) is 0 Å². The van der Waals surface area contributed by atoms with Crippen LogP contribution in [0.3, 0.4) is 0 Å². The molecule has 1 aliphatic heterocycles. The highest BCUT2D eigenvalue weighted by molar-refractivity contribution is 9.10. The third-order valence-corrected chi connectivity index (χ3v) is 4.63. The molecule has 7 heteroatoms. The minimum Gasteiger partial charge on any atom is -0.371 e. The lowest BCUT2D eigenvalue weighted by Gasteiger charge is -2.19. The number of carbonyl (C=O) groups is 1. The summed E-state index contributed by atoms with van der Waals surface area (Å²) in [6, 6.07) is 8.00. The van der Waals surface area contributed by atoms with E-state index in [4.69, 9.17) is 5.73 Å². The van der Waals surface area contributed by atoms with Crippen LogP contribution in [0.25, 0.3) is 0 Å². The van der Waals surface area contributed by atoms with E-state index in [9.17, 15) is 4.79 Å². The van der Waals surface area contributed by atoms with E-state index in [2.05, 4.69) is 64.3 Å². The molecule has 138 valence electrons. The van der Waals surface area contributed by atoms with Gasteiger partial charge in [-0.15, -0.1) is 24.8 Å². The van der Waals surface area contributed by atoms with E-state index in [1.54, 1.807) is 0 Å². The molecule has 0 radical (unpaired) electrons. The Labute approximate surface area is 165 Å². The van der Waals surface area contributed by atoms with Gasteiger partial charge in [0.05, 0.1) is 6.04 Å². The lowest BCUT2D eigenvalue weighted by Crippen LogP contribution is -2.43. The second kappa shape index (κ2) is 11.2. The first-order valence-corrected chi connectivity index (χ1v) is 8.79. The Morgan fingerprint density at radius 1 is 1.33 bits per heavy atom. The maximum atomic E-state index is 12.0. The zero-order valence-electron chi connectivity index (χ0n) is 14.2. The summed E-state index contributed by atoms with van der Waals surface area (Å²) in [4.78, 5) is 14.3. The van der Waals surface area contributed by atoms with Gasteiger partial charge in [-0.2, -0.15) is 0 Å². The number of anilines is 1. The minimum atomic E-state index is -0.385. The predicted molar refractivity (Wildman–Crippen MR) is 109 cm³/mol. The summed E-state index contributed by atoms with van der Waals surface area (Å²) in [6.45, 7) is 6.92. The van der Waals surface area contributed by atoms with Crippen LogP contribution < -0.4 is 16.0 Å². The summed E-state index contributed by atoms with van der Waals surface area (Å²) in [5.41, 5.74) is 7.15. The van der Waals surface area contributed by atoms with E-state index in [-0.39, 0.29) is 36.8 Å². The summed E-state index contributed by atoms with van der Waals surface area (Å²) < 4.78 is 1.10. The summed E-state index contributed by atoms with van der Waals surface area (Å²) in [5, 5.41) is 3.01. The van der Waals surface area contributed by atoms with Crippen LogP contribution in [0.15, 0.2) is 28.7 Å². The first kappa shape index (κ1) is 23.5. The molecule has 1 saturated heterocycles. The van der Waals surface area contributed by atoms with Crippen molar-refractivity contribution in [3.05, 3.63) is 28.7 Å². The van der Waals surface area contributed by atoms with E-state index < -0.39 is 0 Å². The average Bonchev–Trinajstić information content (AvgIpc) is 2.93. The van der Waals surface area contributed by atoms with Gasteiger partial charge in [0, 0.05) is 29.8 Å². The monoisotopic (exact) mass is 439 g/mol. The standard InChI is InChI=1S/C17H26BrN3O.2ClH/c1-12(2)9-16(19)17(22)20-10-13-7-8-21(11-13)15-5-3-14(18)4-6-15;;/h3-6,12-13,16H,7-11,19H2,1-2H3,(H,20,22);2*1H/t13?,16-;;/m0../s1. The molecule has 2 atom stereocenters. The molecule has 1 aromatic rings. The van der Waals surface area contributed by atoms with Crippen molar-refractivity contribution in [1.82, 2.24) is 5.32 Å². The number of hydrogen-bond acceptors (Lipinski definition) is 3. The van der Waals surface area contributed by atoms with E-state index in [1.807, 2.05) is 0 Å². The van der Waals surface area contributed by atoms with Crippen LogP contribution in [0.5, 0.6) is 0 Å². The van der Waals surface area contributed by atoms with Gasteiger partial charge in [-0.05, 0) is 48.9 Å². The first-order chi connectivity index (χ1) is 10.5. The highest BCUT2D eigenvalue weighted by Crippen LogP contribution is 2.24. The molecular weight excluding hydrogens is 413 g/mol. The van der Waals surface area contributed by atoms with Gasteiger partial charge < -0.3 is 16.0 Å². The van der Waals surface area contributed by atoms with Crippen LogP contribution in [-0.4, -0.2) is 31.6 Å². The molecule has 0 aromatic heterocycles. The Morgan fingerprint density at radius 3 is 2.54 bits per heavy atom. The molecule has 0 spiro atoms. The fourth-order valence-corrected chi connectivity index (χ4v) is 3.14. The number of hydrogen-bond donors (Lipinski definition) is 2. The third-order valence-electron chi connectivity index (χ3n) is 4.10. The SMILES string of the molecule is CC(C)C[C@H](N)C(=O)NCC1CCN(c2ccc(Br)cc2)C1.Cl.Cl. The Bertz CT molecular complexity index is 499. The molecule has 4 nitrogen and oxygen atoms in total. The predicted octanol–water partition coefficient (Wildman–Crippen LogP) is 3.61. The van der Waals surface area contributed by atoms with Crippen molar-refractivity contribution in [2.45, 2.75) is 32.7 Å². The molecule has 3 N–H and O–H groups in total. The second-order valence-electron chi connectivity index (χ2n) is 6.56. The Balaban J connectivity index is 0.00000264.